The Labute approximate surface area is 203 Å². The third kappa shape index (κ3) is 3.17. The van der Waals surface area contributed by atoms with Crippen LogP contribution < -0.4 is 0 Å². The Bertz CT molecular complexity index is 1780. The van der Waals surface area contributed by atoms with Crippen LogP contribution in [-0.4, -0.2) is 0 Å². The van der Waals surface area contributed by atoms with Crippen molar-refractivity contribution in [1.29, 1.82) is 0 Å². The Hall–Kier alpha value is -4.62. The molecule has 0 unspecified atom stereocenters. The molecule has 0 bridgehead atoms. The van der Waals surface area contributed by atoms with Gasteiger partial charge in [0.05, 0.1) is 6.26 Å². The van der Waals surface area contributed by atoms with Crippen LogP contribution in [0.5, 0.6) is 0 Å². The van der Waals surface area contributed by atoms with Gasteiger partial charge in [-0.1, -0.05) is 115 Å². The van der Waals surface area contributed by atoms with Gasteiger partial charge in [0.25, 0.3) is 0 Å². The smallest absolute Gasteiger partial charge is 0.134 e. The molecular formula is C34H22O. The van der Waals surface area contributed by atoms with E-state index in [0.717, 1.165) is 16.5 Å². The van der Waals surface area contributed by atoms with Gasteiger partial charge in [0.2, 0.25) is 0 Å². The maximum atomic E-state index is 5.98. The lowest BCUT2D eigenvalue weighted by Crippen LogP contribution is -1.90. The molecule has 1 aromatic heterocycles. The van der Waals surface area contributed by atoms with Gasteiger partial charge >= 0.3 is 0 Å². The largest absolute Gasteiger partial charge is 0.464 e. The molecule has 6 aromatic carbocycles. The van der Waals surface area contributed by atoms with E-state index < -0.39 is 0 Å². The molecule has 0 fully saturated rings. The van der Waals surface area contributed by atoms with E-state index in [9.17, 15) is 0 Å². The first kappa shape index (κ1) is 19.8. The number of benzene rings is 6. The van der Waals surface area contributed by atoms with E-state index in [0.29, 0.717) is 0 Å². The second-order valence-corrected chi connectivity index (χ2v) is 8.93. The van der Waals surface area contributed by atoms with Crippen molar-refractivity contribution >= 4 is 32.5 Å². The van der Waals surface area contributed by atoms with Crippen molar-refractivity contribution in [2.45, 2.75) is 0 Å². The van der Waals surface area contributed by atoms with Crippen molar-refractivity contribution in [3.63, 3.8) is 0 Å². The van der Waals surface area contributed by atoms with Crippen LogP contribution in [0, 0.1) is 0 Å². The topological polar surface area (TPSA) is 13.1 Å². The predicted molar refractivity (Wildman–Crippen MR) is 148 cm³/mol. The first-order chi connectivity index (χ1) is 17.4. The number of furan rings is 1. The lowest BCUT2D eigenvalue weighted by molar-refractivity contribution is 0.617. The highest BCUT2D eigenvalue weighted by molar-refractivity contribution is 6.23. The molecule has 35 heavy (non-hydrogen) atoms. The molecule has 1 heterocycles. The van der Waals surface area contributed by atoms with Gasteiger partial charge in [0.15, 0.2) is 0 Å². The molecule has 0 amide bonds. The second kappa shape index (κ2) is 8.00. The molecule has 0 aliphatic rings. The van der Waals surface area contributed by atoms with Gasteiger partial charge in [-0.05, 0) is 55.9 Å². The van der Waals surface area contributed by atoms with E-state index >= 15 is 0 Å². The molecule has 0 aliphatic heterocycles. The average molecular weight is 447 g/mol. The summed E-state index contributed by atoms with van der Waals surface area (Å²) in [6.45, 7) is 0. The molecule has 7 aromatic rings. The lowest BCUT2D eigenvalue weighted by Gasteiger charge is -2.17. The van der Waals surface area contributed by atoms with Crippen LogP contribution in [0.25, 0.3) is 65.9 Å². The fraction of sp³-hybridized carbons (Fsp3) is 0. The van der Waals surface area contributed by atoms with Gasteiger partial charge in [-0.15, -0.1) is 0 Å². The minimum Gasteiger partial charge on any atom is -0.464 e. The Morgan fingerprint density at radius 2 is 0.886 bits per heavy atom. The zero-order valence-electron chi connectivity index (χ0n) is 19.1. The van der Waals surface area contributed by atoms with E-state index in [1.807, 2.05) is 18.4 Å². The molecule has 0 saturated carbocycles. The molecule has 0 aliphatic carbocycles. The van der Waals surface area contributed by atoms with Gasteiger partial charge in [0.1, 0.15) is 5.58 Å². The van der Waals surface area contributed by atoms with Crippen molar-refractivity contribution in [2.24, 2.45) is 0 Å². The molecule has 1 heteroatoms. The zero-order chi connectivity index (χ0) is 23.2. The van der Waals surface area contributed by atoms with Gasteiger partial charge < -0.3 is 4.42 Å². The summed E-state index contributed by atoms with van der Waals surface area (Å²) in [4.78, 5) is 0. The highest BCUT2D eigenvalue weighted by Crippen LogP contribution is 2.45. The number of fused-ring (bicyclic) bond motifs is 3. The van der Waals surface area contributed by atoms with Crippen LogP contribution in [0.1, 0.15) is 0 Å². The summed E-state index contributed by atoms with van der Waals surface area (Å²) in [5.74, 6) is 0. The number of rotatable bonds is 3. The van der Waals surface area contributed by atoms with E-state index in [4.69, 9.17) is 4.42 Å². The normalized spacial score (nSPS) is 11.4. The maximum absolute atomic E-state index is 5.98. The van der Waals surface area contributed by atoms with E-state index in [1.165, 1.54) is 49.4 Å². The quantitative estimate of drug-likeness (QED) is 0.246. The summed E-state index contributed by atoms with van der Waals surface area (Å²) in [6, 6.07) is 45.3. The monoisotopic (exact) mass is 446 g/mol. The predicted octanol–water partition coefficient (Wildman–Crippen LogP) is 9.74. The summed E-state index contributed by atoms with van der Waals surface area (Å²) in [5, 5.41) is 6.10. The lowest BCUT2D eigenvalue weighted by atomic mass is 9.85. The summed E-state index contributed by atoms with van der Waals surface area (Å²) in [6.07, 6.45) is 1.91. The van der Waals surface area contributed by atoms with E-state index in [-0.39, 0.29) is 0 Å². The zero-order valence-corrected chi connectivity index (χ0v) is 19.1. The van der Waals surface area contributed by atoms with Gasteiger partial charge in [0, 0.05) is 16.5 Å². The van der Waals surface area contributed by atoms with E-state index in [1.54, 1.807) is 0 Å². The average Bonchev–Trinajstić information content (AvgIpc) is 3.36. The van der Waals surface area contributed by atoms with Gasteiger partial charge in [-0.2, -0.15) is 0 Å². The molecule has 7 rings (SSSR count). The Kier molecular flexibility index (Phi) is 4.53. The Morgan fingerprint density at radius 3 is 1.57 bits per heavy atom. The first-order valence-corrected chi connectivity index (χ1v) is 11.9. The van der Waals surface area contributed by atoms with Crippen LogP contribution >= 0.6 is 0 Å². The van der Waals surface area contributed by atoms with Crippen molar-refractivity contribution < 1.29 is 4.42 Å². The number of hydrogen-bond acceptors (Lipinski definition) is 1. The van der Waals surface area contributed by atoms with E-state index in [2.05, 4.69) is 115 Å². The van der Waals surface area contributed by atoms with Crippen molar-refractivity contribution in [2.75, 3.05) is 0 Å². The number of para-hydroxylation sites is 1. The molecule has 0 radical (unpaired) electrons. The third-order valence-electron chi connectivity index (χ3n) is 6.94. The molecule has 0 N–H and O–H groups in total. The van der Waals surface area contributed by atoms with Crippen LogP contribution in [0.4, 0.5) is 0 Å². The minimum atomic E-state index is 0.912. The Balaban J connectivity index is 1.59. The SMILES string of the molecule is c1ccc(-c2cccc(-c3c4ccccc4c(-c4coc5ccccc45)c4ccccc34)c2)cc1. The maximum Gasteiger partial charge on any atom is 0.134 e. The van der Waals surface area contributed by atoms with Crippen LogP contribution in [0.2, 0.25) is 0 Å². The summed E-state index contributed by atoms with van der Waals surface area (Å²) < 4.78 is 5.98. The molecule has 1 nitrogen and oxygen atoms in total. The van der Waals surface area contributed by atoms with Gasteiger partial charge in [-0.3, -0.25) is 0 Å². The highest BCUT2D eigenvalue weighted by Gasteiger charge is 2.19. The summed E-state index contributed by atoms with van der Waals surface area (Å²) >= 11 is 0. The fourth-order valence-corrected chi connectivity index (χ4v) is 5.39. The van der Waals surface area contributed by atoms with Gasteiger partial charge in [-0.25, -0.2) is 0 Å². The highest BCUT2D eigenvalue weighted by atomic mass is 16.3. The van der Waals surface area contributed by atoms with Crippen molar-refractivity contribution in [3.05, 3.63) is 134 Å². The van der Waals surface area contributed by atoms with Crippen LogP contribution in [0.15, 0.2) is 138 Å². The van der Waals surface area contributed by atoms with Crippen molar-refractivity contribution in [3.8, 4) is 33.4 Å². The minimum absolute atomic E-state index is 0.912. The van der Waals surface area contributed by atoms with Crippen molar-refractivity contribution in [1.82, 2.24) is 0 Å². The molecule has 164 valence electrons. The van der Waals surface area contributed by atoms with Crippen LogP contribution in [0.3, 0.4) is 0 Å². The molecule has 0 saturated heterocycles. The molecule has 0 atom stereocenters. The Morgan fingerprint density at radius 1 is 0.371 bits per heavy atom. The molecule has 0 spiro atoms. The number of hydrogen-bond donors (Lipinski definition) is 0. The third-order valence-corrected chi connectivity index (χ3v) is 6.94. The second-order valence-electron chi connectivity index (χ2n) is 8.93. The standard InChI is InChI=1S/C34H22O/c1-2-11-23(12-3-1)24-13-10-14-25(21-24)33-27-16-4-6-18-29(27)34(30-19-7-5-17-28(30)33)31-22-35-32-20-9-8-15-26(31)32/h1-22H. The fourth-order valence-electron chi connectivity index (χ4n) is 5.39. The van der Waals surface area contributed by atoms with Crippen LogP contribution in [-0.2, 0) is 0 Å². The summed E-state index contributed by atoms with van der Waals surface area (Å²) in [5.41, 5.74) is 8.22. The molecular weight excluding hydrogens is 424 g/mol. The summed E-state index contributed by atoms with van der Waals surface area (Å²) in [7, 11) is 0. The first-order valence-electron chi connectivity index (χ1n) is 11.9.